The molecule has 0 heterocycles. The van der Waals surface area contributed by atoms with E-state index in [1.54, 1.807) is 6.21 Å². The third-order valence-electron chi connectivity index (χ3n) is 2.17. The minimum atomic E-state index is 0.119. The Labute approximate surface area is 132 Å². The Hall–Kier alpha value is -1.34. The number of hydrogen-bond acceptors (Lipinski definition) is 4. The number of rotatable bonds is 7. The molecule has 110 valence electrons. The van der Waals surface area contributed by atoms with Gasteiger partial charge < -0.3 is 15.2 Å². The zero-order valence-electron chi connectivity index (χ0n) is 11.5. The fraction of sp³-hybridized carbons (Fsp3) is 0.385. The number of benzene rings is 1. The largest absolute Gasteiger partial charge is 0.490 e. The van der Waals surface area contributed by atoms with Crippen molar-refractivity contribution in [3.8, 4) is 11.5 Å². The van der Waals surface area contributed by atoms with E-state index < -0.39 is 0 Å². The summed E-state index contributed by atoms with van der Waals surface area (Å²) in [6.45, 7) is 5.17. The van der Waals surface area contributed by atoms with Gasteiger partial charge in [0, 0.05) is 0 Å². The van der Waals surface area contributed by atoms with Gasteiger partial charge in [-0.25, -0.2) is 0 Å². The first-order valence-electron chi connectivity index (χ1n) is 6.26. The van der Waals surface area contributed by atoms with E-state index in [-0.39, 0.29) is 5.11 Å². The molecular formula is C13H18BrN3O2S. The highest BCUT2D eigenvalue weighted by atomic mass is 79.9. The number of nitrogens with one attached hydrogen (secondary N) is 1. The van der Waals surface area contributed by atoms with E-state index in [9.17, 15) is 0 Å². The zero-order valence-corrected chi connectivity index (χ0v) is 13.9. The predicted octanol–water partition coefficient (Wildman–Crippen LogP) is 2.80. The molecule has 1 aromatic rings. The number of hydrazone groups is 1. The summed E-state index contributed by atoms with van der Waals surface area (Å²) in [4.78, 5) is 0. The summed E-state index contributed by atoms with van der Waals surface area (Å²) in [6.07, 6.45) is 2.54. The van der Waals surface area contributed by atoms with E-state index in [0.29, 0.717) is 24.7 Å². The van der Waals surface area contributed by atoms with E-state index in [1.807, 2.05) is 19.1 Å². The average molecular weight is 360 g/mol. The minimum absolute atomic E-state index is 0.119. The minimum Gasteiger partial charge on any atom is -0.490 e. The Morgan fingerprint density at radius 1 is 1.45 bits per heavy atom. The Bertz CT molecular complexity index is 495. The summed E-state index contributed by atoms with van der Waals surface area (Å²) in [5.74, 6) is 1.38. The number of halogens is 1. The van der Waals surface area contributed by atoms with Gasteiger partial charge in [0.15, 0.2) is 16.6 Å². The normalized spacial score (nSPS) is 10.6. The van der Waals surface area contributed by atoms with Crippen molar-refractivity contribution in [1.29, 1.82) is 0 Å². The van der Waals surface area contributed by atoms with Crippen LogP contribution in [0.3, 0.4) is 0 Å². The molecule has 0 aliphatic rings. The number of ether oxygens (including phenoxy) is 2. The molecule has 0 unspecified atom stereocenters. The van der Waals surface area contributed by atoms with Crippen LogP contribution in [0.5, 0.6) is 11.5 Å². The molecule has 0 atom stereocenters. The van der Waals surface area contributed by atoms with E-state index >= 15 is 0 Å². The third-order valence-corrected chi connectivity index (χ3v) is 2.85. The molecule has 0 amide bonds. The summed E-state index contributed by atoms with van der Waals surface area (Å²) < 4.78 is 12.1. The molecule has 0 saturated carbocycles. The van der Waals surface area contributed by atoms with E-state index in [2.05, 4.69) is 45.6 Å². The van der Waals surface area contributed by atoms with Gasteiger partial charge in [0.25, 0.3) is 0 Å². The van der Waals surface area contributed by atoms with Crippen molar-refractivity contribution in [1.82, 2.24) is 5.43 Å². The maximum absolute atomic E-state index is 5.69. The van der Waals surface area contributed by atoms with E-state index in [1.165, 1.54) is 0 Å². The number of hydrogen-bond donors (Lipinski definition) is 2. The number of nitrogens with two attached hydrogens (primary N) is 1. The van der Waals surface area contributed by atoms with Crippen LogP contribution in [-0.4, -0.2) is 24.5 Å². The fourth-order valence-corrected chi connectivity index (χ4v) is 2.07. The molecule has 5 nitrogen and oxygen atoms in total. The highest BCUT2D eigenvalue weighted by Gasteiger charge is 2.11. The van der Waals surface area contributed by atoms with E-state index in [4.69, 9.17) is 15.2 Å². The molecule has 0 aromatic heterocycles. The Morgan fingerprint density at radius 2 is 2.20 bits per heavy atom. The molecule has 0 aliphatic heterocycles. The average Bonchev–Trinajstić information content (AvgIpc) is 2.38. The van der Waals surface area contributed by atoms with Crippen molar-refractivity contribution in [2.24, 2.45) is 10.8 Å². The quantitative estimate of drug-likeness (QED) is 0.445. The molecule has 0 radical (unpaired) electrons. The molecule has 0 bridgehead atoms. The second-order valence-corrected chi connectivity index (χ2v) is 5.14. The van der Waals surface area contributed by atoms with Crippen molar-refractivity contribution in [3.05, 3.63) is 22.2 Å². The van der Waals surface area contributed by atoms with Gasteiger partial charge in [0.1, 0.15) is 0 Å². The first-order chi connectivity index (χ1) is 9.58. The smallest absolute Gasteiger partial charge is 0.184 e. The summed E-state index contributed by atoms with van der Waals surface area (Å²) in [5, 5.41) is 4.04. The van der Waals surface area contributed by atoms with Crippen LogP contribution >= 0.6 is 28.1 Å². The Balaban J connectivity index is 2.99. The summed E-state index contributed by atoms with van der Waals surface area (Å²) >= 11 is 8.15. The molecule has 3 N–H and O–H groups in total. The highest BCUT2D eigenvalue weighted by Crippen LogP contribution is 2.36. The maximum atomic E-state index is 5.69. The van der Waals surface area contributed by atoms with Crippen LogP contribution in [0, 0.1) is 0 Å². The zero-order chi connectivity index (χ0) is 15.0. The topological polar surface area (TPSA) is 68.9 Å². The molecule has 20 heavy (non-hydrogen) atoms. The second kappa shape index (κ2) is 8.76. The van der Waals surface area contributed by atoms with Crippen LogP contribution in [0.4, 0.5) is 0 Å². The van der Waals surface area contributed by atoms with Gasteiger partial charge in [-0.15, -0.1) is 0 Å². The molecule has 1 aromatic carbocycles. The van der Waals surface area contributed by atoms with Gasteiger partial charge in [0.05, 0.1) is 23.9 Å². The maximum Gasteiger partial charge on any atom is 0.184 e. The van der Waals surface area contributed by atoms with Crippen LogP contribution in [0.15, 0.2) is 21.7 Å². The molecule has 0 saturated heterocycles. The fourth-order valence-electron chi connectivity index (χ4n) is 1.44. The van der Waals surface area contributed by atoms with Gasteiger partial charge in [0.2, 0.25) is 0 Å². The van der Waals surface area contributed by atoms with Crippen LogP contribution in [0.2, 0.25) is 0 Å². The molecule has 1 rings (SSSR count). The lowest BCUT2D eigenvalue weighted by Gasteiger charge is -2.14. The van der Waals surface area contributed by atoms with Gasteiger partial charge in [-0.1, -0.05) is 6.92 Å². The van der Waals surface area contributed by atoms with Crippen molar-refractivity contribution < 1.29 is 9.47 Å². The summed E-state index contributed by atoms with van der Waals surface area (Å²) in [5.41, 5.74) is 8.64. The van der Waals surface area contributed by atoms with Crippen LogP contribution in [0.1, 0.15) is 25.8 Å². The predicted molar refractivity (Wildman–Crippen MR) is 88.6 cm³/mol. The second-order valence-electron chi connectivity index (χ2n) is 3.85. The standard InChI is InChI=1S/C13H18BrN3O2S/c1-3-5-19-12-10(14)6-9(7-11(12)18-4-2)8-16-17-13(15)20/h6-8H,3-5H2,1-2H3,(H3,15,17,20). The lowest BCUT2D eigenvalue weighted by molar-refractivity contribution is 0.275. The van der Waals surface area contributed by atoms with Crippen molar-refractivity contribution in [3.63, 3.8) is 0 Å². The molecule has 7 heteroatoms. The first-order valence-corrected chi connectivity index (χ1v) is 7.46. The summed E-state index contributed by atoms with van der Waals surface area (Å²) in [6, 6.07) is 3.74. The van der Waals surface area contributed by atoms with Gasteiger partial charge in [-0.05, 0) is 59.2 Å². The SMILES string of the molecule is CCCOc1c(Br)cc(C=NNC(N)=S)cc1OCC. The van der Waals surface area contributed by atoms with Crippen LogP contribution in [0.25, 0.3) is 0 Å². The monoisotopic (exact) mass is 359 g/mol. The van der Waals surface area contributed by atoms with Gasteiger partial charge in [-0.2, -0.15) is 5.10 Å². The molecule has 0 aliphatic carbocycles. The van der Waals surface area contributed by atoms with Gasteiger partial charge >= 0.3 is 0 Å². The third kappa shape index (κ3) is 5.34. The lowest BCUT2D eigenvalue weighted by Crippen LogP contribution is -2.23. The van der Waals surface area contributed by atoms with Crippen LogP contribution in [-0.2, 0) is 0 Å². The number of nitrogens with zero attached hydrogens (tertiary/aromatic N) is 1. The van der Waals surface area contributed by atoms with Crippen molar-refractivity contribution >= 4 is 39.5 Å². The lowest BCUT2D eigenvalue weighted by atomic mass is 10.2. The van der Waals surface area contributed by atoms with Gasteiger partial charge in [-0.3, -0.25) is 5.43 Å². The molecule has 0 fully saturated rings. The van der Waals surface area contributed by atoms with Crippen molar-refractivity contribution in [2.75, 3.05) is 13.2 Å². The molecule has 0 spiro atoms. The van der Waals surface area contributed by atoms with Crippen LogP contribution < -0.4 is 20.6 Å². The van der Waals surface area contributed by atoms with E-state index in [0.717, 1.165) is 16.5 Å². The number of thiocarbonyl (C=S) groups is 1. The summed E-state index contributed by atoms with van der Waals surface area (Å²) in [7, 11) is 0. The molecular weight excluding hydrogens is 342 g/mol. The first kappa shape index (κ1) is 16.7. The highest BCUT2D eigenvalue weighted by molar-refractivity contribution is 9.10. The van der Waals surface area contributed by atoms with Crippen molar-refractivity contribution in [2.45, 2.75) is 20.3 Å². The Morgan fingerprint density at radius 3 is 2.80 bits per heavy atom. The Kier molecular flexibility index (Phi) is 7.32.